The highest BCUT2D eigenvalue weighted by atomic mass is 32.2. The molecule has 3 N–H and O–H groups in total. The van der Waals surface area contributed by atoms with Crippen LogP contribution in [0.25, 0.3) is 10.9 Å². The SMILES string of the molecule is N#Cc1c(O)c2cc(S(=O)(=O)O)ccc2[nH]c1=O. The lowest BCUT2D eigenvalue weighted by Gasteiger charge is -2.04. The van der Waals surface area contributed by atoms with Crippen LogP contribution in [0.3, 0.4) is 0 Å². The number of fused-ring (bicyclic) bond motifs is 1. The number of aromatic amines is 1. The summed E-state index contributed by atoms with van der Waals surface area (Å²) in [6, 6.07) is 4.75. The Hall–Kier alpha value is -2.37. The molecule has 1 heterocycles. The zero-order chi connectivity index (χ0) is 13.5. The van der Waals surface area contributed by atoms with Crippen LogP contribution in [0.5, 0.6) is 5.75 Å². The summed E-state index contributed by atoms with van der Waals surface area (Å²) < 4.78 is 30.8. The number of H-pyrrole nitrogens is 1. The van der Waals surface area contributed by atoms with Crippen LogP contribution in [0.4, 0.5) is 0 Å². The highest BCUT2D eigenvalue weighted by Gasteiger charge is 2.15. The van der Waals surface area contributed by atoms with E-state index >= 15 is 0 Å². The van der Waals surface area contributed by atoms with Crippen molar-refractivity contribution in [3.63, 3.8) is 0 Å². The Bertz CT molecular complexity index is 845. The van der Waals surface area contributed by atoms with Crippen LogP contribution in [-0.4, -0.2) is 23.1 Å². The lowest BCUT2D eigenvalue weighted by molar-refractivity contribution is 0.478. The fourth-order valence-electron chi connectivity index (χ4n) is 1.52. The minimum atomic E-state index is -4.43. The van der Waals surface area contributed by atoms with Gasteiger partial charge < -0.3 is 10.1 Å². The van der Waals surface area contributed by atoms with Crippen LogP contribution < -0.4 is 5.56 Å². The second-order valence-corrected chi connectivity index (χ2v) is 4.89. The first kappa shape index (κ1) is 12.1. The highest BCUT2D eigenvalue weighted by molar-refractivity contribution is 7.85. The number of nitriles is 1. The summed E-state index contributed by atoms with van der Waals surface area (Å²) in [4.78, 5) is 13.2. The number of aromatic hydroxyl groups is 1. The van der Waals surface area contributed by atoms with Crippen molar-refractivity contribution in [3.8, 4) is 11.8 Å². The predicted octanol–water partition coefficient (Wildman–Crippen LogP) is 0.352. The molecule has 7 nitrogen and oxygen atoms in total. The van der Waals surface area contributed by atoms with Gasteiger partial charge in [-0.05, 0) is 18.2 Å². The molecule has 0 saturated heterocycles. The van der Waals surface area contributed by atoms with Gasteiger partial charge in [0.1, 0.15) is 11.8 Å². The molecular formula is C10H6N2O5S. The Morgan fingerprint density at radius 1 is 1.33 bits per heavy atom. The largest absolute Gasteiger partial charge is 0.506 e. The summed E-state index contributed by atoms with van der Waals surface area (Å²) in [5.41, 5.74) is -1.14. The number of aromatic nitrogens is 1. The van der Waals surface area contributed by atoms with E-state index in [4.69, 9.17) is 9.81 Å². The van der Waals surface area contributed by atoms with E-state index in [1.807, 2.05) is 0 Å². The molecule has 2 rings (SSSR count). The summed E-state index contributed by atoms with van der Waals surface area (Å²) in [6.07, 6.45) is 0. The first-order valence-corrected chi connectivity index (χ1v) is 6.05. The quantitative estimate of drug-likeness (QED) is 0.638. The third-order valence-electron chi connectivity index (χ3n) is 2.37. The number of nitrogens with one attached hydrogen (secondary N) is 1. The average Bonchev–Trinajstić information content (AvgIpc) is 2.27. The minimum absolute atomic E-state index is 0.0405. The molecule has 18 heavy (non-hydrogen) atoms. The minimum Gasteiger partial charge on any atom is -0.506 e. The Labute approximate surface area is 101 Å². The molecule has 0 unspecified atom stereocenters. The molecule has 1 aromatic heterocycles. The van der Waals surface area contributed by atoms with Gasteiger partial charge in [0, 0.05) is 5.39 Å². The fourth-order valence-corrected chi connectivity index (χ4v) is 2.03. The summed E-state index contributed by atoms with van der Waals surface area (Å²) in [5, 5.41) is 18.4. The van der Waals surface area contributed by atoms with Crippen molar-refractivity contribution in [2.24, 2.45) is 0 Å². The Kier molecular flexibility index (Phi) is 2.58. The lowest BCUT2D eigenvalue weighted by atomic mass is 10.1. The molecule has 0 saturated carbocycles. The Morgan fingerprint density at radius 3 is 2.56 bits per heavy atom. The van der Waals surface area contributed by atoms with E-state index in [9.17, 15) is 18.3 Å². The van der Waals surface area contributed by atoms with Gasteiger partial charge in [-0.2, -0.15) is 13.7 Å². The van der Waals surface area contributed by atoms with Gasteiger partial charge in [0.05, 0.1) is 10.4 Å². The molecule has 0 radical (unpaired) electrons. The van der Waals surface area contributed by atoms with Crippen molar-refractivity contribution < 1.29 is 18.1 Å². The third-order valence-corrected chi connectivity index (χ3v) is 3.22. The maximum absolute atomic E-state index is 11.4. The van der Waals surface area contributed by atoms with E-state index in [1.165, 1.54) is 12.1 Å². The smallest absolute Gasteiger partial charge is 0.294 e. The van der Waals surface area contributed by atoms with Gasteiger partial charge in [0.25, 0.3) is 15.7 Å². The molecule has 0 bridgehead atoms. The number of nitrogens with zero attached hydrogens (tertiary/aromatic N) is 1. The van der Waals surface area contributed by atoms with Crippen molar-refractivity contribution in [2.75, 3.05) is 0 Å². The second-order valence-electron chi connectivity index (χ2n) is 3.47. The highest BCUT2D eigenvalue weighted by Crippen LogP contribution is 2.26. The molecule has 0 aliphatic heterocycles. The number of benzene rings is 1. The van der Waals surface area contributed by atoms with E-state index in [-0.39, 0.29) is 10.9 Å². The molecule has 1 aromatic carbocycles. The van der Waals surface area contributed by atoms with Gasteiger partial charge in [-0.25, -0.2) is 0 Å². The van der Waals surface area contributed by atoms with Crippen molar-refractivity contribution in [1.29, 1.82) is 5.26 Å². The summed E-state index contributed by atoms with van der Waals surface area (Å²) in [5.74, 6) is -0.623. The van der Waals surface area contributed by atoms with Gasteiger partial charge in [0.15, 0.2) is 5.56 Å². The fraction of sp³-hybridized carbons (Fsp3) is 0. The van der Waals surface area contributed by atoms with Gasteiger partial charge >= 0.3 is 0 Å². The first-order chi connectivity index (χ1) is 8.34. The second kappa shape index (κ2) is 3.83. The predicted molar refractivity (Wildman–Crippen MR) is 60.8 cm³/mol. The van der Waals surface area contributed by atoms with Crippen molar-refractivity contribution in [1.82, 2.24) is 4.98 Å². The topological polar surface area (TPSA) is 131 Å². The monoisotopic (exact) mass is 266 g/mol. The van der Waals surface area contributed by atoms with Crippen LogP contribution in [0.15, 0.2) is 27.9 Å². The number of pyridine rings is 1. The molecule has 0 amide bonds. The molecule has 0 atom stereocenters. The summed E-state index contributed by atoms with van der Waals surface area (Å²) in [7, 11) is -4.43. The van der Waals surface area contributed by atoms with Gasteiger partial charge in [-0.3, -0.25) is 9.35 Å². The zero-order valence-corrected chi connectivity index (χ0v) is 9.52. The van der Waals surface area contributed by atoms with E-state index in [0.29, 0.717) is 0 Å². The van der Waals surface area contributed by atoms with E-state index in [1.54, 1.807) is 0 Å². The molecule has 0 aliphatic carbocycles. The molecular weight excluding hydrogens is 260 g/mol. The zero-order valence-electron chi connectivity index (χ0n) is 8.71. The summed E-state index contributed by atoms with van der Waals surface area (Å²) in [6.45, 7) is 0. The lowest BCUT2D eigenvalue weighted by Crippen LogP contribution is -2.10. The van der Waals surface area contributed by atoms with Crippen molar-refractivity contribution in [3.05, 3.63) is 34.1 Å². The van der Waals surface area contributed by atoms with Crippen LogP contribution >= 0.6 is 0 Å². The first-order valence-electron chi connectivity index (χ1n) is 4.61. The third kappa shape index (κ3) is 1.81. The Balaban J connectivity index is 2.95. The summed E-state index contributed by atoms with van der Waals surface area (Å²) >= 11 is 0. The number of hydrogen-bond acceptors (Lipinski definition) is 5. The molecule has 0 spiro atoms. The van der Waals surface area contributed by atoms with Gasteiger partial charge in [0.2, 0.25) is 0 Å². The average molecular weight is 266 g/mol. The standard InChI is InChI=1S/C10H6N2O5S/c11-4-7-9(13)6-3-5(18(15,16)17)1-2-8(6)12-10(7)14/h1-3H,(H2,12,13,14)(H,15,16,17). The molecule has 2 aromatic rings. The molecule has 0 fully saturated rings. The van der Waals surface area contributed by atoms with E-state index < -0.39 is 31.9 Å². The Morgan fingerprint density at radius 2 is 2.00 bits per heavy atom. The maximum atomic E-state index is 11.4. The van der Waals surface area contributed by atoms with Gasteiger partial charge in [-0.1, -0.05) is 0 Å². The van der Waals surface area contributed by atoms with Crippen LogP contribution in [0.1, 0.15) is 5.56 Å². The number of rotatable bonds is 1. The molecule has 92 valence electrons. The van der Waals surface area contributed by atoms with Crippen LogP contribution in [0, 0.1) is 11.3 Å². The van der Waals surface area contributed by atoms with Crippen molar-refractivity contribution >= 4 is 21.0 Å². The molecule has 0 aliphatic rings. The normalized spacial score (nSPS) is 11.3. The van der Waals surface area contributed by atoms with Crippen LogP contribution in [0.2, 0.25) is 0 Å². The maximum Gasteiger partial charge on any atom is 0.294 e. The van der Waals surface area contributed by atoms with Crippen LogP contribution in [-0.2, 0) is 10.1 Å². The van der Waals surface area contributed by atoms with Crippen molar-refractivity contribution in [2.45, 2.75) is 4.90 Å². The van der Waals surface area contributed by atoms with Gasteiger partial charge in [-0.15, -0.1) is 0 Å². The number of hydrogen-bond donors (Lipinski definition) is 3. The van der Waals surface area contributed by atoms with E-state index in [0.717, 1.165) is 12.1 Å². The van der Waals surface area contributed by atoms with E-state index in [2.05, 4.69) is 4.98 Å². The molecule has 8 heteroatoms.